The molecule has 0 bridgehead atoms. The molecule has 12 heteroatoms. The molecular formula is C19H34N4O8. The summed E-state index contributed by atoms with van der Waals surface area (Å²) in [7, 11) is 0. The lowest BCUT2D eigenvalue weighted by Gasteiger charge is -2.27. The normalized spacial score (nSPS) is 15.8. The second-order valence-electron chi connectivity index (χ2n) is 7.72. The molecule has 31 heavy (non-hydrogen) atoms. The fraction of sp³-hybridized carbons (Fsp3) is 0.737. The van der Waals surface area contributed by atoms with Crippen LogP contribution >= 0.6 is 0 Å². The van der Waals surface area contributed by atoms with E-state index in [1.165, 1.54) is 0 Å². The first-order valence-corrected chi connectivity index (χ1v) is 10.1. The lowest BCUT2D eigenvalue weighted by atomic mass is 9.97. The molecule has 3 amide bonds. The fourth-order valence-corrected chi connectivity index (χ4v) is 2.60. The molecule has 0 aromatic rings. The summed E-state index contributed by atoms with van der Waals surface area (Å²) in [6.45, 7) is 5.85. The number of aliphatic hydroxyl groups is 1. The van der Waals surface area contributed by atoms with E-state index in [0.29, 0.717) is 6.42 Å². The number of hydrogen-bond donors (Lipinski definition) is 7. The third kappa shape index (κ3) is 9.75. The predicted octanol–water partition coefficient (Wildman–Crippen LogP) is -1.59. The van der Waals surface area contributed by atoms with Gasteiger partial charge in [0.1, 0.15) is 18.1 Å². The maximum Gasteiger partial charge on any atom is 0.326 e. The van der Waals surface area contributed by atoms with Crippen molar-refractivity contribution in [1.29, 1.82) is 0 Å². The van der Waals surface area contributed by atoms with E-state index in [4.69, 9.17) is 10.8 Å². The number of aliphatic hydroxyl groups excluding tert-OH is 1. The molecule has 0 aromatic heterocycles. The van der Waals surface area contributed by atoms with Crippen LogP contribution in [0.25, 0.3) is 0 Å². The number of hydrogen-bond acceptors (Lipinski definition) is 7. The Balaban J connectivity index is 5.27. The van der Waals surface area contributed by atoms with Crippen molar-refractivity contribution in [2.24, 2.45) is 17.6 Å². The van der Waals surface area contributed by atoms with Gasteiger partial charge in [0.15, 0.2) is 0 Å². The van der Waals surface area contributed by atoms with Gasteiger partial charge in [-0.1, -0.05) is 34.1 Å². The Labute approximate surface area is 180 Å². The highest BCUT2D eigenvalue weighted by Gasteiger charge is 2.32. The number of aliphatic carboxylic acids is 2. The zero-order valence-corrected chi connectivity index (χ0v) is 18.3. The van der Waals surface area contributed by atoms with Gasteiger partial charge in [-0.15, -0.1) is 0 Å². The molecule has 0 fully saturated rings. The molecule has 5 atom stereocenters. The average Bonchev–Trinajstić information content (AvgIpc) is 2.70. The number of nitrogens with two attached hydrogens (primary N) is 1. The summed E-state index contributed by atoms with van der Waals surface area (Å²) in [5, 5.41) is 34.5. The second kappa shape index (κ2) is 13.5. The summed E-state index contributed by atoms with van der Waals surface area (Å²) in [6.07, 6.45) is 0.0404. The molecular weight excluding hydrogens is 412 g/mol. The molecule has 0 aromatic carbocycles. The molecule has 5 unspecified atom stereocenters. The Morgan fingerprint density at radius 3 is 1.84 bits per heavy atom. The van der Waals surface area contributed by atoms with Crippen LogP contribution in [0.2, 0.25) is 0 Å². The zero-order chi connectivity index (χ0) is 24.3. The van der Waals surface area contributed by atoms with Gasteiger partial charge in [0.25, 0.3) is 0 Å². The molecule has 12 nitrogen and oxygen atoms in total. The second-order valence-corrected chi connectivity index (χ2v) is 7.72. The van der Waals surface area contributed by atoms with E-state index < -0.39 is 66.4 Å². The van der Waals surface area contributed by atoms with Crippen molar-refractivity contribution in [3.63, 3.8) is 0 Å². The number of carboxylic acid groups (broad SMARTS) is 2. The van der Waals surface area contributed by atoms with Crippen LogP contribution in [0.15, 0.2) is 0 Å². The molecule has 0 saturated heterocycles. The van der Waals surface area contributed by atoms with Gasteiger partial charge < -0.3 is 37.0 Å². The highest BCUT2D eigenvalue weighted by molar-refractivity contribution is 5.94. The van der Waals surface area contributed by atoms with E-state index in [9.17, 15) is 34.2 Å². The van der Waals surface area contributed by atoms with Crippen LogP contribution in [0.4, 0.5) is 0 Å². The first-order valence-electron chi connectivity index (χ1n) is 10.1. The van der Waals surface area contributed by atoms with Crippen LogP contribution in [0.1, 0.15) is 47.0 Å². The quantitative estimate of drug-likeness (QED) is 0.164. The summed E-state index contributed by atoms with van der Waals surface area (Å²) in [5.41, 5.74) is 5.68. The van der Waals surface area contributed by atoms with Gasteiger partial charge in [-0.25, -0.2) is 4.79 Å². The minimum atomic E-state index is -1.43. The lowest BCUT2D eigenvalue weighted by Crippen LogP contribution is -2.59. The van der Waals surface area contributed by atoms with Crippen molar-refractivity contribution in [2.45, 2.75) is 71.1 Å². The fourth-order valence-electron chi connectivity index (χ4n) is 2.60. The zero-order valence-electron chi connectivity index (χ0n) is 18.3. The molecule has 0 rings (SSSR count). The standard InChI is InChI=1S/C19H34N4O8/c1-5-10(4)15(23-16(27)11(20)6-7-13(25)26)18(29)21-12(8-24)17(28)22-14(9(2)3)19(30)31/h9-12,14-15,24H,5-8,20H2,1-4H3,(H,21,29)(H,22,28)(H,23,27)(H,25,26)(H,30,31). The average molecular weight is 447 g/mol. The summed E-state index contributed by atoms with van der Waals surface area (Å²) in [4.78, 5) is 59.3. The highest BCUT2D eigenvalue weighted by atomic mass is 16.4. The Morgan fingerprint density at radius 1 is 0.871 bits per heavy atom. The Morgan fingerprint density at radius 2 is 1.42 bits per heavy atom. The minimum Gasteiger partial charge on any atom is -0.481 e. The van der Waals surface area contributed by atoms with Gasteiger partial charge in [0, 0.05) is 6.42 Å². The molecule has 0 spiro atoms. The van der Waals surface area contributed by atoms with Crippen LogP contribution in [0, 0.1) is 11.8 Å². The third-order valence-electron chi connectivity index (χ3n) is 4.85. The van der Waals surface area contributed by atoms with E-state index in [2.05, 4.69) is 16.0 Å². The third-order valence-corrected chi connectivity index (χ3v) is 4.85. The van der Waals surface area contributed by atoms with E-state index in [1.54, 1.807) is 27.7 Å². The maximum absolute atomic E-state index is 12.7. The lowest BCUT2D eigenvalue weighted by molar-refractivity contribution is -0.144. The van der Waals surface area contributed by atoms with Crippen LogP contribution in [0.5, 0.6) is 0 Å². The van der Waals surface area contributed by atoms with Gasteiger partial charge in [0.2, 0.25) is 17.7 Å². The first kappa shape index (κ1) is 28.3. The van der Waals surface area contributed by atoms with Crippen molar-refractivity contribution in [1.82, 2.24) is 16.0 Å². The maximum atomic E-state index is 12.7. The molecule has 8 N–H and O–H groups in total. The smallest absolute Gasteiger partial charge is 0.326 e. The van der Waals surface area contributed by atoms with Gasteiger partial charge in [-0.3, -0.25) is 19.2 Å². The van der Waals surface area contributed by atoms with Crippen molar-refractivity contribution in [2.75, 3.05) is 6.61 Å². The van der Waals surface area contributed by atoms with E-state index in [0.717, 1.165) is 0 Å². The first-order chi connectivity index (χ1) is 14.3. The molecule has 0 saturated carbocycles. The summed E-state index contributed by atoms with van der Waals surface area (Å²) in [5.74, 6) is -5.55. The number of rotatable bonds is 14. The van der Waals surface area contributed by atoms with E-state index in [-0.39, 0.29) is 18.8 Å². The van der Waals surface area contributed by atoms with Crippen molar-refractivity contribution < 1.29 is 39.3 Å². The van der Waals surface area contributed by atoms with Crippen LogP contribution < -0.4 is 21.7 Å². The van der Waals surface area contributed by atoms with Crippen molar-refractivity contribution >= 4 is 29.7 Å². The Kier molecular flexibility index (Phi) is 12.4. The number of carboxylic acids is 2. The number of carbonyl (C=O) groups excluding carboxylic acids is 3. The number of amides is 3. The van der Waals surface area contributed by atoms with Gasteiger partial charge >= 0.3 is 11.9 Å². The van der Waals surface area contributed by atoms with Gasteiger partial charge in [-0.05, 0) is 18.3 Å². The molecule has 0 aliphatic rings. The Bertz CT molecular complexity index is 655. The predicted molar refractivity (Wildman–Crippen MR) is 110 cm³/mol. The van der Waals surface area contributed by atoms with Crippen molar-refractivity contribution in [3.8, 4) is 0 Å². The number of carbonyl (C=O) groups is 5. The molecule has 178 valence electrons. The SMILES string of the molecule is CCC(C)C(NC(=O)C(N)CCC(=O)O)C(=O)NC(CO)C(=O)NC(C(=O)O)C(C)C. The van der Waals surface area contributed by atoms with Gasteiger partial charge in [-0.2, -0.15) is 0 Å². The summed E-state index contributed by atoms with van der Waals surface area (Å²) < 4.78 is 0. The van der Waals surface area contributed by atoms with Crippen molar-refractivity contribution in [3.05, 3.63) is 0 Å². The Hall–Kier alpha value is -2.73. The van der Waals surface area contributed by atoms with Gasteiger partial charge in [0.05, 0.1) is 12.6 Å². The van der Waals surface area contributed by atoms with E-state index in [1.807, 2.05) is 0 Å². The molecule has 0 heterocycles. The topological polar surface area (TPSA) is 208 Å². The van der Waals surface area contributed by atoms with Crippen LogP contribution in [-0.4, -0.2) is 75.8 Å². The van der Waals surface area contributed by atoms with Crippen LogP contribution in [-0.2, 0) is 24.0 Å². The van der Waals surface area contributed by atoms with Crippen LogP contribution in [0.3, 0.4) is 0 Å². The summed E-state index contributed by atoms with van der Waals surface area (Å²) >= 11 is 0. The molecule has 0 aliphatic heterocycles. The monoisotopic (exact) mass is 446 g/mol. The molecule has 0 aliphatic carbocycles. The largest absolute Gasteiger partial charge is 0.481 e. The number of nitrogens with one attached hydrogen (secondary N) is 3. The highest BCUT2D eigenvalue weighted by Crippen LogP contribution is 2.10. The summed E-state index contributed by atoms with van der Waals surface area (Å²) in [6, 6.07) is -4.89. The van der Waals surface area contributed by atoms with E-state index >= 15 is 0 Å². The minimum absolute atomic E-state index is 0.122. The molecule has 0 radical (unpaired) electrons.